The van der Waals surface area contributed by atoms with Crippen molar-refractivity contribution in [1.29, 1.82) is 0 Å². The molecule has 0 spiro atoms. The molecule has 100 valence electrons. The molecular weight excluding hydrogens is 212 g/mol. The van der Waals surface area contributed by atoms with Crippen molar-refractivity contribution in [3.05, 3.63) is 0 Å². The Hall–Kier alpha value is -0.120. The van der Waals surface area contributed by atoms with Gasteiger partial charge in [0.1, 0.15) is 0 Å². The second-order valence-electron chi connectivity index (χ2n) is 5.49. The molecule has 0 aliphatic carbocycles. The zero-order valence-electron chi connectivity index (χ0n) is 11.3. The molecule has 2 atom stereocenters. The van der Waals surface area contributed by atoms with Crippen LogP contribution in [0.1, 0.15) is 45.4 Å². The first-order valence-corrected chi connectivity index (χ1v) is 7.46. The molecule has 2 rings (SSSR count). The maximum atomic E-state index is 5.84. The van der Waals surface area contributed by atoms with Crippen LogP contribution in [-0.2, 0) is 4.74 Å². The van der Waals surface area contributed by atoms with E-state index in [9.17, 15) is 0 Å². The monoisotopic (exact) mass is 240 g/mol. The highest BCUT2D eigenvalue weighted by Gasteiger charge is 2.20. The number of nitrogens with zero attached hydrogens (tertiary/aromatic N) is 1. The van der Waals surface area contributed by atoms with Crippen LogP contribution in [0.4, 0.5) is 0 Å². The van der Waals surface area contributed by atoms with Crippen molar-refractivity contribution in [2.45, 2.75) is 57.6 Å². The summed E-state index contributed by atoms with van der Waals surface area (Å²) in [7, 11) is 0. The third kappa shape index (κ3) is 4.57. The van der Waals surface area contributed by atoms with Gasteiger partial charge < -0.3 is 10.1 Å². The van der Waals surface area contributed by atoms with Gasteiger partial charge in [-0.05, 0) is 45.2 Å². The van der Waals surface area contributed by atoms with E-state index in [1.165, 1.54) is 51.6 Å². The number of piperidine rings is 1. The van der Waals surface area contributed by atoms with Crippen molar-refractivity contribution in [2.75, 3.05) is 32.8 Å². The zero-order valence-corrected chi connectivity index (χ0v) is 11.3. The van der Waals surface area contributed by atoms with Crippen LogP contribution >= 0.6 is 0 Å². The van der Waals surface area contributed by atoms with Crippen molar-refractivity contribution in [3.63, 3.8) is 0 Å². The number of rotatable bonds is 5. The number of hydrogen-bond donors (Lipinski definition) is 1. The average molecular weight is 240 g/mol. The molecule has 2 heterocycles. The Morgan fingerprint density at radius 3 is 2.65 bits per heavy atom. The van der Waals surface area contributed by atoms with E-state index in [0.717, 1.165) is 19.7 Å². The Morgan fingerprint density at radius 2 is 2.00 bits per heavy atom. The van der Waals surface area contributed by atoms with Gasteiger partial charge in [0.25, 0.3) is 0 Å². The molecule has 0 saturated carbocycles. The molecule has 0 radical (unpaired) electrons. The summed E-state index contributed by atoms with van der Waals surface area (Å²) in [6, 6.07) is 0.715. The highest BCUT2D eigenvalue weighted by Crippen LogP contribution is 2.15. The number of ether oxygens (including phenoxy) is 1. The summed E-state index contributed by atoms with van der Waals surface area (Å²) in [6.45, 7) is 7.95. The number of nitrogens with one attached hydrogen (secondary N) is 1. The van der Waals surface area contributed by atoms with E-state index in [2.05, 4.69) is 17.1 Å². The van der Waals surface area contributed by atoms with Gasteiger partial charge in [0.2, 0.25) is 0 Å². The van der Waals surface area contributed by atoms with E-state index < -0.39 is 0 Å². The van der Waals surface area contributed by atoms with Crippen LogP contribution in [0.2, 0.25) is 0 Å². The van der Waals surface area contributed by atoms with E-state index in [1.54, 1.807) is 0 Å². The lowest BCUT2D eigenvalue weighted by atomic mass is 10.0. The van der Waals surface area contributed by atoms with Gasteiger partial charge in [0, 0.05) is 25.7 Å². The van der Waals surface area contributed by atoms with Crippen molar-refractivity contribution < 1.29 is 4.74 Å². The molecule has 2 aliphatic rings. The van der Waals surface area contributed by atoms with E-state index in [1.807, 2.05) is 0 Å². The van der Waals surface area contributed by atoms with Crippen LogP contribution in [-0.4, -0.2) is 49.8 Å². The van der Waals surface area contributed by atoms with Crippen LogP contribution in [0.5, 0.6) is 0 Å². The van der Waals surface area contributed by atoms with E-state index >= 15 is 0 Å². The van der Waals surface area contributed by atoms with Gasteiger partial charge in [0.05, 0.1) is 6.10 Å². The summed E-state index contributed by atoms with van der Waals surface area (Å²) < 4.78 is 5.84. The summed E-state index contributed by atoms with van der Waals surface area (Å²) in [4.78, 5) is 2.57. The van der Waals surface area contributed by atoms with Crippen molar-refractivity contribution >= 4 is 0 Å². The van der Waals surface area contributed by atoms with Crippen molar-refractivity contribution in [3.8, 4) is 0 Å². The van der Waals surface area contributed by atoms with Crippen molar-refractivity contribution in [1.82, 2.24) is 10.2 Å². The number of hydrogen-bond acceptors (Lipinski definition) is 3. The molecule has 1 N–H and O–H groups in total. The fourth-order valence-electron chi connectivity index (χ4n) is 2.96. The largest absolute Gasteiger partial charge is 0.377 e. The first kappa shape index (κ1) is 13.3. The molecule has 2 aliphatic heterocycles. The normalized spacial score (nSPS) is 30.7. The van der Waals surface area contributed by atoms with E-state index in [4.69, 9.17) is 4.74 Å². The molecule has 2 unspecified atom stereocenters. The minimum atomic E-state index is 0.493. The van der Waals surface area contributed by atoms with E-state index in [-0.39, 0.29) is 0 Å². The van der Waals surface area contributed by atoms with Gasteiger partial charge in [-0.3, -0.25) is 4.90 Å². The minimum absolute atomic E-state index is 0.493. The Morgan fingerprint density at radius 1 is 1.12 bits per heavy atom. The lowest BCUT2D eigenvalue weighted by Gasteiger charge is -2.33. The smallest absolute Gasteiger partial charge is 0.0702 e. The summed E-state index contributed by atoms with van der Waals surface area (Å²) >= 11 is 0. The molecule has 2 saturated heterocycles. The molecule has 0 amide bonds. The minimum Gasteiger partial charge on any atom is -0.377 e. The third-order valence-corrected chi connectivity index (χ3v) is 4.07. The van der Waals surface area contributed by atoms with Crippen LogP contribution in [0.3, 0.4) is 0 Å². The molecule has 17 heavy (non-hydrogen) atoms. The number of likely N-dealkylation sites (N-methyl/N-ethyl adjacent to an activating group) is 1. The molecule has 3 heteroatoms. The summed E-state index contributed by atoms with van der Waals surface area (Å²) in [5.41, 5.74) is 0. The zero-order chi connectivity index (χ0) is 11.9. The van der Waals surface area contributed by atoms with Gasteiger partial charge >= 0.3 is 0 Å². The van der Waals surface area contributed by atoms with Crippen LogP contribution < -0.4 is 5.32 Å². The molecule has 0 aromatic carbocycles. The van der Waals surface area contributed by atoms with Crippen LogP contribution in [0.25, 0.3) is 0 Å². The topological polar surface area (TPSA) is 24.5 Å². The summed E-state index contributed by atoms with van der Waals surface area (Å²) in [5, 5.41) is 3.64. The maximum Gasteiger partial charge on any atom is 0.0702 e. The SMILES string of the molecule is CCN(CC1CCCCN1)CC1CCCCO1. The highest BCUT2D eigenvalue weighted by atomic mass is 16.5. The van der Waals surface area contributed by atoms with Gasteiger partial charge in [0.15, 0.2) is 0 Å². The van der Waals surface area contributed by atoms with Gasteiger partial charge in [-0.1, -0.05) is 13.3 Å². The predicted molar refractivity (Wildman–Crippen MR) is 71.3 cm³/mol. The van der Waals surface area contributed by atoms with Crippen molar-refractivity contribution in [2.24, 2.45) is 0 Å². The fraction of sp³-hybridized carbons (Fsp3) is 1.00. The molecule has 0 aromatic rings. The van der Waals surface area contributed by atoms with Gasteiger partial charge in [-0.2, -0.15) is 0 Å². The van der Waals surface area contributed by atoms with Gasteiger partial charge in [-0.15, -0.1) is 0 Å². The van der Waals surface area contributed by atoms with Gasteiger partial charge in [-0.25, -0.2) is 0 Å². The summed E-state index contributed by atoms with van der Waals surface area (Å²) in [5.74, 6) is 0. The average Bonchev–Trinajstić information content (AvgIpc) is 2.40. The molecular formula is C14H28N2O. The first-order chi connectivity index (χ1) is 8.38. The lowest BCUT2D eigenvalue weighted by Crippen LogP contribution is -2.46. The quantitative estimate of drug-likeness (QED) is 0.795. The molecule has 3 nitrogen and oxygen atoms in total. The van der Waals surface area contributed by atoms with Crippen LogP contribution in [0, 0.1) is 0 Å². The first-order valence-electron chi connectivity index (χ1n) is 7.46. The Labute approximate surface area is 106 Å². The standard InChI is InChI=1S/C14H28N2O/c1-2-16(11-13-7-3-5-9-15-13)12-14-8-4-6-10-17-14/h13-15H,2-12H2,1H3. The molecule has 2 fully saturated rings. The maximum absolute atomic E-state index is 5.84. The highest BCUT2D eigenvalue weighted by molar-refractivity contribution is 4.78. The Balaban J connectivity index is 1.71. The predicted octanol–water partition coefficient (Wildman–Crippen LogP) is 2.02. The molecule has 0 aromatic heterocycles. The Bertz CT molecular complexity index is 178. The van der Waals surface area contributed by atoms with E-state index in [0.29, 0.717) is 12.1 Å². The molecule has 0 bridgehead atoms. The fourth-order valence-corrected chi connectivity index (χ4v) is 2.96. The van der Waals surface area contributed by atoms with Crippen LogP contribution in [0.15, 0.2) is 0 Å². The second-order valence-corrected chi connectivity index (χ2v) is 5.49. The third-order valence-electron chi connectivity index (χ3n) is 4.07. The summed E-state index contributed by atoms with van der Waals surface area (Å²) in [6.07, 6.45) is 8.46. The lowest BCUT2D eigenvalue weighted by molar-refractivity contribution is -0.00661. The Kier molecular flexibility index (Phi) is 5.75. The second kappa shape index (κ2) is 7.34.